The Hall–Kier alpha value is -2.46. The van der Waals surface area contributed by atoms with Crippen molar-refractivity contribution in [2.24, 2.45) is 0 Å². The Morgan fingerprint density at radius 2 is 1.88 bits per heavy atom. The summed E-state index contributed by atoms with van der Waals surface area (Å²) in [6.45, 7) is 9.01. The molecule has 0 spiro atoms. The van der Waals surface area contributed by atoms with Crippen LogP contribution in [-0.4, -0.2) is 36.4 Å². The lowest BCUT2D eigenvalue weighted by molar-refractivity contribution is 0.103. The molecule has 0 aliphatic carbocycles. The van der Waals surface area contributed by atoms with Gasteiger partial charge < -0.3 is 15.0 Å². The fourth-order valence-electron chi connectivity index (χ4n) is 4.16. The van der Waals surface area contributed by atoms with Crippen molar-refractivity contribution in [2.75, 3.05) is 41.2 Å². The number of hydrogen-bond acceptors (Lipinski definition) is 5. The molecule has 2 aromatic carbocycles. The van der Waals surface area contributed by atoms with E-state index in [1.165, 1.54) is 23.5 Å². The predicted octanol–water partition coefficient (Wildman–Crippen LogP) is 5.69. The zero-order valence-electron chi connectivity index (χ0n) is 19.0. The molecule has 2 heterocycles. The first kappa shape index (κ1) is 24.7. The number of nitrogens with zero attached hydrogens (tertiary/aromatic N) is 1. The molecule has 180 valence electrons. The molecular weight excluding hydrogens is 497 g/mol. The van der Waals surface area contributed by atoms with Crippen molar-refractivity contribution in [3.63, 3.8) is 0 Å². The highest BCUT2D eigenvalue weighted by Gasteiger charge is 2.22. The Balaban J connectivity index is 1.57. The molecule has 6 nitrogen and oxygen atoms in total. The first-order valence-corrected chi connectivity index (χ1v) is 13.1. The fourth-order valence-corrected chi connectivity index (χ4v) is 6.25. The normalized spacial score (nSPS) is 14.7. The van der Waals surface area contributed by atoms with E-state index >= 15 is 0 Å². The second-order valence-electron chi connectivity index (χ2n) is 8.02. The summed E-state index contributed by atoms with van der Waals surface area (Å²) < 4.78 is 34.4. The van der Waals surface area contributed by atoms with Crippen molar-refractivity contribution >= 4 is 56.9 Å². The van der Waals surface area contributed by atoms with E-state index in [2.05, 4.69) is 27.9 Å². The molecule has 1 aliphatic rings. The lowest BCUT2D eigenvalue weighted by atomic mass is 10.0. The average molecular weight is 522 g/mol. The molecule has 4 rings (SSSR count). The number of ether oxygens (including phenoxy) is 1. The van der Waals surface area contributed by atoms with Crippen molar-refractivity contribution < 1.29 is 18.1 Å². The van der Waals surface area contributed by atoms with Gasteiger partial charge >= 0.3 is 0 Å². The number of carbonyl (C=O) groups is 1. The molecule has 3 aromatic rings. The first-order chi connectivity index (χ1) is 16.3. The Morgan fingerprint density at radius 1 is 1.15 bits per heavy atom. The minimum absolute atomic E-state index is 0.0496. The second kappa shape index (κ2) is 10.4. The summed E-state index contributed by atoms with van der Waals surface area (Å²) in [6, 6.07) is 7.41. The minimum atomic E-state index is -1.77. The van der Waals surface area contributed by atoms with Crippen LogP contribution < -0.4 is 14.9 Å². The molecule has 1 saturated heterocycles. The van der Waals surface area contributed by atoms with Gasteiger partial charge in [0.15, 0.2) is 11.0 Å². The summed E-state index contributed by atoms with van der Waals surface area (Å²) in [5.41, 5.74) is 5.41. The third-order valence-electron chi connectivity index (χ3n) is 5.66. The third kappa shape index (κ3) is 5.12. The van der Waals surface area contributed by atoms with Crippen molar-refractivity contribution in [1.82, 2.24) is 0 Å². The number of rotatable bonds is 6. The van der Waals surface area contributed by atoms with E-state index in [-0.39, 0.29) is 15.8 Å². The Morgan fingerprint density at radius 3 is 2.59 bits per heavy atom. The van der Waals surface area contributed by atoms with Crippen LogP contribution in [-0.2, 0) is 15.7 Å². The van der Waals surface area contributed by atoms with Crippen LogP contribution >= 0.6 is 22.9 Å². The highest BCUT2D eigenvalue weighted by Crippen LogP contribution is 2.35. The average Bonchev–Trinajstić information content (AvgIpc) is 3.25. The number of hydrogen-bond donors (Lipinski definition) is 2. The number of anilines is 3. The van der Waals surface area contributed by atoms with Crippen LogP contribution in [0, 0.1) is 26.6 Å². The Bertz CT molecular complexity index is 1260. The lowest BCUT2D eigenvalue weighted by Crippen LogP contribution is -2.37. The number of halogens is 2. The molecule has 1 atom stereocenters. The van der Waals surface area contributed by atoms with E-state index in [1.807, 2.05) is 13.8 Å². The van der Waals surface area contributed by atoms with Crippen LogP contribution in [0.2, 0.25) is 5.02 Å². The molecule has 10 heteroatoms. The summed E-state index contributed by atoms with van der Waals surface area (Å²) in [6.07, 6.45) is 0. The number of thiophene rings is 1. The van der Waals surface area contributed by atoms with Gasteiger partial charge in [0.1, 0.15) is 10.7 Å². The SMILES string of the molecule is Cc1cc(C)c(N2CCOCC2)c(C)c1NC(=O)c1sccc1NS(=O)c1ccc(F)cc1Cl. The van der Waals surface area contributed by atoms with Gasteiger partial charge in [-0.25, -0.2) is 8.60 Å². The summed E-state index contributed by atoms with van der Waals surface area (Å²) in [5.74, 6) is -0.815. The second-order valence-corrected chi connectivity index (χ2v) is 10.5. The van der Waals surface area contributed by atoms with E-state index in [1.54, 1.807) is 11.4 Å². The number of aryl methyl sites for hydroxylation is 2. The minimum Gasteiger partial charge on any atom is -0.378 e. The van der Waals surface area contributed by atoms with Crippen LogP contribution in [0.5, 0.6) is 0 Å². The van der Waals surface area contributed by atoms with Crippen LogP contribution in [0.15, 0.2) is 40.6 Å². The third-order valence-corrected chi connectivity index (χ3v) is 8.16. The highest BCUT2D eigenvalue weighted by atomic mass is 35.5. The molecule has 34 heavy (non-hydrogen) atoms. The number of carbonyl (C=O) groups excluding carboxylic acids is 1. The molecule has 2 N–H and O–H groups in total. The van der Waals surface area contributed by atoms with Gasteiger partial charge in [-0.15, -0.1) is 11.3 Å². The zero-order chi connectivity index (χ0) is 24.4. The van der Waals surface area contributed by atoms with Gasteiger partial charge in [-0.1, -0.05) is 17.7 Å². The summed E-state index contributed by atoms with van der Waals surface area (Å²) in [4.78, 5) is 16.2. The Labute approximate surface area is 209 Å². The van der Waals surface area contributed by atoms with Gasteiger partial charge in [-0.3, -0.25) is 9.52 Å². The summed E-state index contributed by atoms with van der Waals surface area (Å²) in [5, 5.41) is 4.85. The maximum Gasteiger partial charge on any atom is 0.267 e. The van der Waals surface area contributed by atoms with E-state index in [0.717, 1.165) is 47.2 Å². The number of amides is 1. The molecule has 1 aromatic heterocycles. The van der Waals surface area contributed by atoms with Gasteiger partial charge in [-0.2, -0.15) is 0 Å². The van der Waals surface area contributed by atoms with Gasteiger partial charge in [0.2, 0.25) is 0 Å². The lowest BCUT2D eigenvalue weighted by Gasteiger charge is -2.32. The van der Waals surface area contributed by atoms with Gasteiger partial charge in [-0.05, 0) is 67.1 Å². The smallest absolute Gasteiger partial charge is 0.267 e. The van der Waals surface area contributed by atoms with E-state index in [4.69, 9.17) is 16.3 Å². The number of nitrogens with one attached hydrogen (secondary N) is 2. The van der Waals surface area contributed by atoms with Gasteiger partial charge in [0.25, 0.3) is 5.91 Å². The molecule has 0 saturated carbocycles. The van der Waals surface area contributed by atoms with Crippen LogP contribution in [0.25, 0.3) is 0 Å². The van der Waals surface area contributed by atoms with Crippen LogP contribution in [0.4, 0.5) is 21.5 Å². The van der Waals surface area contributed by atoms with Gasteiger partial charge in [0, 0.05) is 24.5 Å². The van der Waals surface area contributed by atoms with Crippen LogP contribution in [0.3, 0.4) is 0 Å². The molecule has 0 bridgehead atoms. The quantitative estimate of drug-likeness (QED) is 0.437. The Kier molecular flexibility index (Phi) is 7.57. The van der Waals surface area contributed by atoms with Crippen molar-refractivity contribution in [3.8, 4) is 0 Å². The van der Waals surface area contributed by atoms with E-state index in [0.29, 0.717) is 23.8 Å². The maximum atomic E-state index is 13.3. The highest BCUT2D eigenvalue weighted by molar-refractivity contribution is 7.86. The van der Waals surface area contributed by atoms with Crippen LogP contribution in [0.1, 0.15) is 26.4 Å². The molecule has 1 unspecified atom stereocenters. The predicted molar refractivity (Wildman–Crippen MR) is 137 cm³/mol. The van der Waals surface area contributed by atoms with Gasteiger partial charge in [0.05, 0.1) is 28.8 Å². The first-order valence-electron chi connectivity index (χ1n) is 10.7. The largest absolute Gasteiger partial charge is 0.378 e. The van der Waals surface area contributed by atoms with Crippen molar-refractivity contribution in [1.29, 1.82) is 0 Å². The number of morpholine rings is 1. The van der Waals surface area contributed by atoms with Crippen molar-refractivity contribution in [3.05, 3.63) is 68.1 Å². The fraction of sp³-hybridized carbons (Fsp3) is 0.292. The van der Waals surface area contributed by atoms with E-state index in [9.17, 15) is 13.4 Å². The monoisotopic (exact) mass is 521 g/mol. The van der Waals surface area contributed by atoms with Crippen molar-refractivity contribution in [2.45, 2.75) is 25.7 Å². The molecule has 1 aliphatic heterocycles. The topological polar surface area (TPSA) is 70.7 Å². The maximum absolute atomic E-state index is 13.3. The van der Waals surface area contributed by atoms with E-state index < -0.39 is 16.8 Å². The molecule has 0 radical (unpaired) electrons. The molecule has 1 amide bonds. The zero-order valence-corrected chi connectivity index (χ0v) is 21.4. The standard InChI is InChI=1S/C24H25ClFN3O3S2/c1-14-12-15(2)22(29-7-9-32-10-8-29)16(3)21(14)27-24(30)23-19(6-11-33-23)28-34(31)20-5-4-17(26)13-18(20)25/h4-6,11-13,28H,7-10H2,1-3H3,(H,27,30). The summed E-state index contributed by atoms with van der Waals surface area (Å²) >= 11 is 7.28. The summed E-state index contributed by atoms with van der Waals surface area (Å²) in [7, 11) is -1.77. The molecular formula is C24H25ClFN3O3S2. The number of benzene rings is 2. The molecule has 1 fully saturated rings.